The van der Waals surface area contributed by atoms with E-state index >= 15 is 0 Å². The average Bonchev–Trinajstić information content (AvgIpc) is 3.00. The topological polar surface area (TPSA) is 122 Å². The van der Waals surface area contributed by atoms with Crippen molar-refractivity contribution in [3.05, 3.63) is 0 Å². The van der Waals surface area contributed by atoms with Gasteiger partial charge in [0.1, 0.15) is 0 Å². The van der Waals surface area contributed by atoms with Crippen LogP contribution in [0.1, 0.15) is 19.3 Å². The highest BCUT2D eigenvalue weighted by molar-refractivity contribution is 7.91. The summed E-state index contributed by atoms with van der Waals surface area (Å²) in [4.78, 5) is 22.3. The average molecular weight is 320 g/mol. The maximum atomic E-state index is 11.6. The van der Waals surface area contributed by atoms with Crippen molar-refractivity contribution in [2.24, 2.45) is 5.92 Å². The number of carboxylic acid groups (broad SMARTS) is 1. The van der Waals surface area contributed by atoms with E-state index in [2.05, 4.69) is 10.6 Å². The van der Waals surface area contributed by atoms with E-state index in [0.29, 0.717) is 25.8 Å². The monoisotopic (exact) mass is 320 g/mol. The molecule has 2 heterocycles. The number of carbonyl (C=O) groups excluding carboxylic acids is 1. The van der Waals surface area contributed by atoms with Gasteiger partial charge in [0.25, 0.3) is 0 Å². The summed E-state index contributed by atoms with van der Waals surface area (Å²) in [6.45, 7) is 0.576. The minimum absolute atomic E-state index is 0.0279. The molecule has 0 radical (unpaired) electrons. The van der Waals surface area contributed by atoms with Gasteiger partial charge < -0.3 is 20.5 Å². The number of hydrogen-bond donors (Lipinski definition) is 3. The van der Waals surface area contributed by atoms with Crippen LogP contribution in [0.15, 0.2) is 0 Å². The minimum Gasteiger partial charge on any atom is -0.479 e. The van der Waals surface area contributed by atoms with E-state index in [1.165, 1.54) is 0 Å². The molecule has 0 aliphatic carbocycles. The summed E-state index contributed by atoms with van der Waals surface area (Å²) in [7, 11) is -2.93. The van der Waals surface area contributed by atoms with Crippen molar-refractivity contribution in [1.82, 2.24) is 10.6 Å². The maximum Gasteiger partial charge on any atom is 0.332 e. The zero-order chi connectivity index (χ0) is 15.5. The normalized spacial score (nSPS) is 31.0. The van der Waals surface area contributed by atoms with Crippen LogP contribution in [0.5, 0.6) is 0 Å². The highest BCUT2D eigenvalue weighted by Crippen LogP contribution is 2.19. The van der Waals surface area contributed by atoms with E-state index in [1.807, 2.05) is 0 Å². The lowest BCUT2D eigenvalue weighted by Gasteiger charge is -2.14. The van der Waals surface area contributed by atoms with Crippen LogP contribution < -0.4 is 10.6 Å². The first kappa shape index (κ1) is 16.0. The smallest absolute Gasteiger partial charge is 0.332 e. The Morgan fingerprint density at radius 3 is 2.43 bits per heavy atom. The number of ether oxygens (including phenoxy) is 1. The third-order valence-electron chi connectivity index (χ3n) is 3.75. The Kier molecular flexibility index (Phi) is 5.04. The van der Waals surface area contributed by atoms with Crippen LogP contribution in [-0.4, -0.2) is 62.3 Å². The maximum absolute atomic E-state index is 11.6. The van der Waals surface area contributed by atoms with E-state index in [1.54, 1.807) is 0 Å². The first-order valence-electron chi connectivity index (χ1n) is 6.96. The van der Waals surface area contributed by atoms with Crippen LogP contribution in [0.3, 0.4) is 0 Å². The molecule has 0 bridgehead atoms. The lowest BCUT2D eigenvalue weighted by atomic mass is 10.1. The van der Waals surface area contributed by atoms with Crippen molar-refractivity contribution in [3.63, 3.8) is 0 Å². The van der Waals surface area contributed by atoms with Gasteiger partial charge in [0, 0.05) is 13.1 Å². The van der Waals surface area contributed by atoms with Crippen molar-refractivity contribution in [3.8, 4) is 0 Å². The van der Waals surface area contributed by atoms with Gasteiger partial charge in [-0.05, 0) is 25.2 Å². The number of carboxylic acids is 1. The number of hydrogen-bond acceptors (Lipinski definition) is 5. The van der Waals surface area contributed by atoms with E-state index in [9.17, 15) is 18.0 Å². The van der Waals surface area contributed by atoms with Gasteiger partial charge in [-0.15, -0.1) is 0 Å². The van der Waals surface area contributed by atoms with E-state index in [4.69, 9.17) is 9.84 Å². The van der Waals surface area contributed by atoms with Crippen LogP contribution in [0.2, 0.25) is 0 Å². The molecule has 2 aliphatic rings. The van der Waals surface area contributed by atoms with Crippen LogP contribution in [0.25, 0.3) is 0 Å². The summed E-state index contributed by atoms with van der Waals surface area (Å²) >= 11 is 0. The summed E-state index contributed by atoms with van der Waals surface area (Å²) in [5.74, 6) is -0.698. The number of sulfone groups is 1. The third-order valence-corrected chi connectivity index (χ3v) is 5.59. The summed E-state index contributed by atoms with van der Waals surface area (Å²) in [5, 5.41) is 14.0. The van der Waals surface area contributed by atoms with E-state index in [0.717, 1.165) is 0 Å². The van der Waals surface area contributed by atoms with Crippen LogP contribution in [-0.2, 0) is 19.4 Å². The van der Waals surface area contributed by atoms with Gasteiger partial charge in [0.2, 0.25) is 0 Å². The third kappa shape index (κ3) is 4.85. The molecule has 2 amide bonds. The zero-order valence-corrected chi connectivity index (χ0v) is 12.4. The molecule has 0 spiro atoms. The molecule has 9 heteroatoms. The molecular weight excluding hydrogens is 300 g/mol. The number of aliphatic carboxylic acids is 1. The van der Waals surface area contributed by atoms with E-state index in [-0.39, 0.29) is 36.1 Å². The fourth-order valence-electron chi connectivity index (χ4n) is 2.58. The number of amides is 2. The van der Waals surface area contributed by atoms with Crippen molar-refractivity contribution >= 4 is 21.8 Å². The van der Waals surface area contributed by atoms with Crippen LogP contribution in [0, 0.1) is 5.92 Å². The van der Waals surface area contributed by atoms with Gasteiger partial charge in [-0.2, -0.15) is 0 Å². The highest BCUT2D eigenvalue weighted by Gasteiger charge is 2.31. The molecule has 2 aliphatic heterocycles. The van der Waals surface area contributed by atoms with Crippen LogP contribution >= 0.6 is 0 Å². The summed E-state index contributed by atoms with van der Waals surface area (Å²) < 4.78 is 27.8. The molecule has 3 atom stereocenters. The lowest BCUT2D eigenvalue weighted by molar-refractivity contribution is -0.149. The van der Waals surface area contributed by atoms with Crippen LogP contribution in [0.4, 0.5) is 4.79 Å². The number of urea groups is 1. The van der Waals surface area contributed by atoms with Gasteiger partial charge in [-0.25, -0.2) is 18.0 Å². The molecule has 3 unspecified atom stereocenters. The molecule has 2 fully saturated rings. The Morgan fingerprint density at radius 1 is 1.14 bits per heavy atom. The molecule has 3 N–H and O–H groups in total. The lowest BCUT2D eigenvalue weighted by Crippen LogP contribution is -2.41. The second-order valence-electron chi connectivity index (χ2n) is 5.52. The quantitative estimate of drug-likeness (QED) is 0.619. The molecular formula is C12H20N2O6S. The highest BCUT2D eigenvalue weighted by atomic mass is 32.2. The van der Waals surface area contributed by atoms with Gasteiger partial charge in [0.05, 0.1) is 17.6 Å². The van der Waals surface area contributed by atoms with Gasteiger partial charge in [0.15, 0.2) is 15.9 Å². The fraction of sp³-hybridized carbons (Fsp3) is 0.833. The molecule has 0 aromatic rings. The number of nitrogens with one attached hydrogen (secondary N) is 2. The second kappa shape index (κ2) is 6.61. The Hall–Kier alpha value is -1.35. The second-order valence-corrected chi connectivity index (χ2v) is 7.75. The molecule has 120 valence electrons. The van der Waals surface area contributed by atoms with Crippen molar-refractivity contribution in [1.29, 1.82) is 0 Å². The first-order valence-corrected chi connectivity index (χ1v) is 8.78. The Bertz CT molecular complexity index is 506. The van der Waals surface area contributed by atoms with Crippen molar-refractivity contribution in [2.45, 2.75) is 31.5 Å². The largest absolute Gasteiger partial charge is 0.479 e. The molecule has 0 saturated carbocycles. The SMILES string of the molecule is O=C(NCC1CCS(=O)(=O)C1)NCC1CCC(C(=O)O)O1. The Labute approximate surface area is 123 Å². The van der Waals surface area contributed by atoms with Gasteiger partial charge in [-0.3, -0.25) is 0 Å². The predicted molar refractivity (Wildman–Crippen MR) is 73.7 cm³/mol. The molecule has 21 heavy (non-hydrogen) atoms. The van der Waals surface area contributed by atoms with Crippen molar-refractivity contribution < 1.29 is 27.9 Å². The summed E-state index contributed by atoms with van der Waals surface area (Å²) in [6, 6.07) is -0.387. The molecule has 2 rings (SSSR count). The zero-order valence-electron chi connectivity index (χ0n) is 11.6. The Morgan fingerprint density at radius 2 is 1.86 bits per heavy atom. The summed E-state index contributed by atoms with van der Waals surface area (Å²) in [5.41, 5.74) is 0. The van der Waals surface area contributed by atoms with Crippen molar-refractivity contribution in [2.75, 3.05) is 24.6 Å². The molecule has 2 saturated heterocycles. The summed E-state index contributed by atoms with van der Waals surface area (Å²) in [6.07, 6.45) is 0.544. The van der Waals surface area contributed by atoms with Gasteiger partial charge >= 0.3 is 12.0 Å². The number of carbonyl (C=O) groups is 2. The fourth-order valence-corrected chi connectivity index (χ4v) is 4.44. The molecule has 0 aromatic carbocycles. The molecule has 0 aromatic heterocycles. The van der Waals surface area contributed by atoms with Gasteiger partial charge in [-0.1, -0.05) is 0 Å². The first-order chi connectivity index (χ1) is 9.85. The van der Waals surface area contributed by atoms with E-state index < -0.39 is 21.9 Å². The molecule has 8 nitrogen and oxygen atoms in total. The Balaban J connectivity index is 1.61. The number of rotatable bonds is 5. The minimum atomic E-state index is -2.93. The standard InChI is InChI=1S/C12H20N2O6S/c15-11(16)10-2-1-9(20-10)6-14-12(17)13-5-8-3-4-21(18,19)7-8/h8-10H,1-7H2,(H,15,16)(H2,13,14,17). The predicted octanol–water partition coefficient (Wildman–Crippen LogP) is -0.647.